The lowest BCUT2D eigenvalue weighted by Crippen LogP contribution is -2.33. The van der Waals surface area contributed by atoms with E-state index in [-0.39, 0.29) is 18.6 Å². The van der Waals surface area contributed by atoms with Gasteiger partial charge in [-0.2, -0.15) is 0 Å². The molecule has 1 atom stereocenters. The second-order valence-corrected chi connectivity index (χ2v) is 6.16. The van der Waals surface area contributed by atoms with Crippen LogP contribution in [0.1, 0.15) is 27.5 Å². The van der Waals surface area contributed by atoms with Gasteiger partial charge in [-0.15, -0.1) is 0 Å². The molecule has 0 aromatic heterocycles. The number of ether oxygens (including phenoxy) is 1. The molecule has 0 spiro atoms. The molecule has 136 valence electrons. The SMILES string of the molecule is O=Cc1ccccc1OCC(=O)N[C@@H](Cc1ccccc1)c1ccccc1. The summed E-state index contributed by atoms with van der Waals surface area (Å²) in [7, 11) is 0. The van der Waals surface area contributed by atoms with Crippen LogP contribution in [-0.4, -0.2) is 18.8 Å². The van der Waals surface area contributed by atoms with Crippen molar-refractivity contribution in [3.05, 3.63) is 102 Å². The Morgan fingerprint density at radius 1 is 0.889 bits per heavy atom. The Hall–Kier alpha value is -3.40. The van der Waals surface area contributed by atoms with E-state index in [0.29, 0.717) is 17.7 Å². The molecule has 3 aromatic rings. The number of hydrogen-bond acceptors (Lipinski definition) is 3. The molecule has 0 bridgehead atoms. The fraction of sp³-hybridized carbons (Fsp3) is 0.130. The minimum absolute atomic E-state index is 0.150. The van der Waals surface area contributed by atoms with E-state index >= 15 is 0 Å². The summed E-state index contributed by atoms with van der Waals surface area (Å²) in [6, 6.07) is 26.6. The van der Waals surface area contributed by atoms with Gasteiger partial charge in [0.05, 0.1) is 11.6 Å². The van der Waals surface area contributed by atoms with Crippen LogP contribution < -0.4 is 10.1 Å². The fourth-order valence-electron chi connectivity index (χ4n) is 2.88. The molecule has 4 heteroatoms. The van der Waals surface area contributed by atoms with Gasteiger partial charge in [-0.05, 0) is 29.7 Å². The normalized spacial score (nSPS) is 11.4. The quantitative estimate of drug-likeness (QED) is 0.619. The van der Waals surface area contributed by atoms with Gasteiger partial charge < -0.3 is 10.1 Å². The molecular weight excluding hydrogens is 338 g/mol. The average molecular weight is 359 g/mol. The van der Waals surface area contributed by atoms with Gasteiger partial charge >= 0.3 is 0 Å². The molecule has 27 heavy (non-hydrogen) atoms. The average Bonchev–Trinajstić information content (AvgIpc) is 2.73. The molecule has 0 aliphatic heterocycles. The lowest BCUT2D eigenvalue weighted by molar-refractivity contribution is -0.123. The third-order valence-corrected chi connectivity index (χ3v) is 4.22. The van der Waals surface area contributed by atoms with E-state index < -0.39 is 0 Å². The summed E-state index contributed by atoms with van der Waals surface area (Å²) < 4.78 is 5.53. The summed E-state index contributed by atoms with van der Waals surface area (Å²) in [5.74, 6) is 0.169. The standard InChI is InChI=1S/C23H21NO3/c25-16-20-13-7-8-14-22(20)27-17-23(26)24-21(19-11-5-2-6-12-19)15-18-9-3-1-4-10-18/h1-14,16,21H,15,17H2,(H,24,26)/t21-/m0/s1. The number of nitrogens with one attached hydrogen (secondary N) is 1. The van der Waals surface area contributed by atoms with Gasteiger partial charge in [-0.25, -0.2) is 0 Å². The second-order valence-electron chi connectivity index (χ2n) is 6.16. The molecule has 0 fully saturated rings. The number of hydrogen-bond donors (Lipinski definition) is 1. The van der Waals surface area contributed by atoms with Gasteiger partial charge in [0.2, 0.25) is 0 Å². The van der Waals surface area contributed by atoms with E-state index in [2.05, 4.69) is 5.32 Å². The third kappa shape index (κ3) is 5.28. The Morgan fingerprint density at radius 2 is 1.52 bits per heavy atom. The summed E-state index contributed by atoms with van der Waals surface area (Å²) in [5.41, 5.74) is 2.59. The van der Waals surface area contributed by atoms with Crippen molar-refractivity contribution in [3.8, 4) is 5.75 Å². The molecule has 4 nitrogen and oxygen atoms in total. The monoisotopic (exact) mass is 359 g/mol. The zero-order chi connectivity index (χ0) is 18.9. The number of benzene rings is 3. The smallest absolute Gasteiger partial charge is 0.258 e. The van der Waals surface area contributed by atoms with Gasteiger partial charge in [-0.1, -0.05) is 72.8 Å². The summed E-state index contributed by atoms with van der Waals surface area (Å²) in [4.78, 5) is 23.5. The van der Waals surface area contributed by atoms with Gasteiger partial charge in [0.15, 0.2) is 12.9 Å². The molecule has 3 aromatic carbocycles. The minimum Gasteiger partial charge on any atom is -0.483 e. The maximum Gasteiger partial charge on any atom is 0.258 e. The van der Waals surface area contributed by atoms with Crippen LogP contribution in [0, 0.1) is 0 Å². The summed E-state index contributed by atoms with van der Waals surface area (Å²) in [5, 5.41) is 3.04. The van der Waals surface area contributed by atoms with E-state index in [4.69, 9.17) is 4.74 Å². The van der Waals surface area contributed by atoms with Crippen molar-refractivity contribution in [2.75, 3.05) is 6.61 Å². The lowest BCUT2D eigenvalue weighted by Gasteiger charge is -2.20. The van der Waals surface area contributed by atoms with E-state index in [1.807, 2.05) is 60.7 Å². The topological polar surface area (TPSA) is 55.4 Å². The molecule has 3 rings (SSSR count). The van der Waals surface area contributed by atoms with Crippen LogP contribution in [0.2, 0.25) is 0 Å². The van der Waals surface area contributed by atoms with Crippen LogP contribution in [0.3, 0.4) is 0 Å². The number of amides is 1. The maximum atomic E-state index is 12.5. The largest absolute Gasteiger partial charge is 0.483 e. The Labute approximate surface area is 158 Å². The summed E-state index contributed by atoms with van der Waals surface area (Å²) in [6.45, 7) is -0.150. The molecule has 0 aliphatic carbocycles. The Balaban J connectivity index is 1.68. The van der Waals surface area contributed by atoms with Gasteiger partial charge in [0.1, 0.15) is 5.75 Å². The number of aldehydes is 1. The molecule has 0 aliphatic rings. The van der Waals surface area contributed by atoms with E-state index in [1.54, 1.807) is 24.3 Å². The first-order valence-corrected chi connectivity index (χ1v) is 8.81. The first kappa shape index (κ1) is 18.4. The highest BCUT2D eigenvalue weighted by Gasteiger charge is 2.16. The Kier molecular flexibility index (Phi) is 6.36. The van der Waals surface area contributed by atoms with Crippen LogP contribution in [0.5, 0.6) is 5.75 Å². The molecule has 0 saturated carbocycles. The van der Waals surface area contributed by atoms with Crippen LogP contribution in [0.4, 0.5) is 0 Å². The molecule has 0 heterocycles. The molecule has 0 unspecified atom stereocenters. The van der Waals surface area contributed by atoms with Crippen LogP contribution in [0.15, 0.2) is 84.9 Å². The van der Waals surface area contributed by atoms with E-state index in [0.717, 1.165) is 17.4 Å². The molecule has 1 amide bonds. The number of carbonyl (C=O) groups excluding carboxylic acids is 2. The predicted octanol–water partition coefficient (Wildman–Crippen LogP) is 3.98. The number of carbonyl (C=O) groups is 2. The fourth-order valence-corrected chi connectivity index (χ4v) is 2.88. The van der Waals surface area contributed by atoms with Crippen molar-refractivity contribution in [3.63, 3.8) is 0 Å². The van der Waals surface area contributed by atoms with Crippen molar-refractivity contribution in [1.82, 2.24) is 5.32 Å². The molecule has 0 saturated heterocycles. The van der Waals surface area contributed by atoms with Gasteiger partial charge in [-0.3, -0.25) is 9.59 Å². The third-order valence-electron chi connectivity index (χ3n) is 4.22. The molecule has 1 N–H and O–H groups in total. The first-order valence-electron chi connectivity index (χ1n) is 8.81. The first-order chi connectivity index (χ1) is 13.3. The van der Waals surface area contributed by atoms with Crippen LogP contribution in [-0.2, 0) is 11.2 Å². The zero-order valence-corrected chi connectivity index (χ0v) is 14.9. The van der Waals surface area contributed by atoms with Crippen molar-refractivity contribution < 1.29 is 14.3 Å². The lowest BCUT2D eigenvalue weighted by atomic mass is 9.99. The van der Waals surface area contributed by atoms with Gasteiger partial charge in [0, 0.05) is 0 Å². The van der Waals surface area contributed by atoms with Crippen molar-refractivity contribution in [2.45, 2.75) is 12.5 Å². The number of rotatable bonds is 8. The van der Waals surface area contributed by atoms with Crippen molar-refractivity contribution >= 4 is 12.2 Å². The highest BCUT2D eigenvalue weighted by atomic mass is 16.5. The highest BCUT2D eigenvalue weighted by molar-refractivity contribution is 5.81. The van der Waals surface area contributed by atoms with E-state index in [9.17, 15) is 9.59 Å². The van der Waals surface area contributed by atoms with E-state index in [1.165, 1.54) is 0 Å². The van der Waals surface area contributed by atoms with Crippen molar-refractivity contribution in [2.24, 2.45) is 0 Å². The second kappa shape index (κ2) is 9.34. The summed E-state index contributed by atoms with van der Waals surface area (Å²) >= 11 is 0. The molecule has 0 radical (unpaired) electrons. The Bertz CT molecular complexity index is 878. The maximum absolute atomic E-state index is 12.5. The van der Waals surface area contributed by atoms with Gasteiger partial charge in [0.25, 0.3) is 5.91 Å². The predicted molar refractivity (Wildman–Crippen MR) is 105 cm³/mol. The van der Waals surface area contributed by atoms with Crippen molar-refractivity contribution in [1.29, 1.82) is 0 Å². The summed E-state index contributed by atoms with van der Waals surface area (Å²) in [6.07, 6.45) is 1.40. The van der Waals surface area contributed by atoms with Crippen LogP contribution in [0.25, 0.3) is 0 Å². The number of para-hydroxylation sites is 1. The molecular formula is C23H21NO3. The van der Waals surface area contributed by atoms with Crippen LogP contribution >= 0.6 is 0 Å². The minimum atomic E-state index is -0.236. The zero-order valence-electron chi connectivity index (χ0n) is 14.9. The highest BCUT2D eigenvalue weighted by Crippen LogP contribution is 2.19. The Morgan fingerprint density at radius 3 is 2.22 bits per heavy atom.